The molecule has 0 saturated carbocycles. The van der Waals surface area contributed by atoms with Crippen LogP contribution in [0.15, 0.2) is 39.7 Å². The predicted octanol–water partition coefficient (Wildman–Crippen LogP) is 1.53. The molecular formula is C16H11N9O2. The van der Waals surface area contributed by atoms with Crippen LogP contribution in [0.2, 0.25) is 0 Å². The second kappa shape index (κ2) is 6.85. The van der Waals surface area contributed by atoms with Gasteiger partial charge in [-0.2, -0.15) is 20.3 Å². The minimum absolute atomic E-state index is 0.0248. The molecule has 0 spiro atoms. The topological polar surface area (TPSA) is 158 Å². The van der Waals surface area contributed by atoms with Crippen LogP contribution in [-0.4, -0.2) is 29.4 Å². The molecule has 0 bridgehead atoms. The summed E-state index contributed by atoms with van der Waals surface area (Å²) in [5.74, 6) is -0.267. The maximum absolute atomic E-state index is 12.4. The Balaban J connectivity index is 2.18. The normalized spacial score (nSPS) is 10.7. The van der Waals surface area contributed by atoms with Gasteiger partial charge in [0.25, 0.3) is 11.5 Å². The van der Waals surface area contributed by atoms with Crippen LogP contribution in [0.4, 0.5) is 11.5 Å². The average Bonchev–Trinajstić information content (AvgIpc) is 3.10. The number of pyridine rings is 1. The molecule has 0 unspecified atom stereocenters. The van der Waals surface area contributed by atoms with Crippen LogP contribution >= 0.6 is 0 Å². The lowest BCUT2D eigenvalue weighted by Crippen LogP contribution is -2.18. The number of rotatable bonds is 3. The molecule has 3 aromatic rings. The zero-order chi connectivity index (χ0) is 19.6. The number of azo groups is 1. The highest BCUT2D eigenvalue weighted by Gasteiger charge is 2.18. The minimum atomic E-state index is -0.645. The summed E-state index contributed by atoms with van der Waals surface area (Å²) in [6.45, 7) is 1.47. The number of aromatic nitrogens is 5. The van der Waals surface area contributed by atoms with E-state index in [9.17, 15) is 20.4 Å². The number of aromatic hydroxyl groups is 1. The number of nitriles is 2. The Kier molecular flexibility index (Phi) is 4.43. The first-order chi connectivity index (χ1) is 13.0. The van der Waals surface area contributed by atoms with Crippen LogP contribution in [-0.2, 0) is 7.05 Å². The molecule has 0 atom stereocenters. The van der Waals surface area contributed by atoms with Gasteiger partial charge in [-0.3, -0.25) is 9.36 Å². The molecule has 11 nitrogen and oxygen atoms in total. The molecule has 3 rings (SSSR count). The molecule has 27 heavy (non-hydrogen) atoms. The third kappa shape index (κ3) is 2.89. The molecule has 3 heterocycles. The fourth-order valence-corrected chi connectivity index (χ4v) is 2.28. The van der Waals surface area contributed by atoms with E-state index in [-0.39, 0.29) is 34.1 Å². The highest BCUT2D eigenvalue weighted by atomic mass is 16.3. The highest BCUT2D eigenvalue weighted by molar-refractivity contribution is 5.57. The number of hydrogen-bond acceptors (Lipinski definition) is 9. The van der Waals surface area contributed by atoms with Crippen LogP contribution < -0.4 is 5.56 Å². The second-order valence-corrected chi connectivity index (χ2v) is 5.30. The van der Waals surface area contributed by atoms with Crippen molar-refractivity contribution in [2.75, 3.05) is 0 Å². The van der Waals surface area contributed by atoms with Crippen molar-refractivity contribution >= 4 is 11.5 Å². The largest absolute Gasteiger partial charge is 0.493 e. The van der Waals surface area contributed by atoms with E-state index in [1.165, 1.54) is 37.2 Å². The van der Waals surface area contributed by atoms with Crippen molar-refractivity contribution in [1.82, 2.24) is 24.3 Å². The van der Waals surface area contributed by atoms with Gasteiger partial charge in [0.1, 0.15) is 23.3 Å². The monoisotopic (exact) mass is 361 g/mol. The van der Waals surface area contributed by atoms with Gasteiger partial charge in [0, 0.05) is 25.0 Å². The van der Waals surface area contributed by atoms with Crippen molar-refractivity contribution in [3.63, 3.8) is 0 Å². The summed E-state index contributed by atoms with van der Waals surface area (Å²) in [4.78, 5) is 20.4. The molecule has 0 saturated heterocycles. The van der Waals surface area contributed by atoms with Gasteiger partial charge < -0.3 is 5.11 Å². The highest BCUT2D eigenvalue weighted by Crippen LogP contribution is 2.27. The third-order valence-corrected chi connectivity index (χ3v) is 3.74. The van der Waals surface area contributed by atoms with E-state index in [0.717, 1.165) is 4.57 Å². The maximum Gasteiger partial charge on any atom is 0.281 e. The van der Waals surface area contributed by atoms with E-state index in [4.69, 9.17) is 0 Å². The van der Waals surface area contributed by atoms with Crippen LogP contribution in [0.3, 0.4) is 0 Å². The van der Waals surface area contributed by atoms with Crippen LogP contribution in [0.5, 0.6) is 5.88 Å². The van der Waals surface area contributed by atoms with Crippen molar-refractivity contribution in [3.8, 4) is 24.0 Å². The van der Waals surface area contributed by atoms with Gasteiger partial charge in [-0.05, 0) is 13.0 Å². The lowest BCUT2D eigenvalue weighted by Gasteiger charge is -2.08. The molecule has 0 aromatic carbocycles. The molecule has 11 heteroatoms. The lowest BCUT2D eigenvalue weighted by molar-refractivity contribution is 0.421. The molecule has 0 aliphatic rings. The maximum atomic E-state index is 12.4. The van der Waals surface area contributed by atoms with Gasteiger partial charge in [0.05, 0.1) is 6.20 Å². The second-order valence-electron chi connectivity index (χ2n) is 5.30. The number of nitrogens with zero attached hydrogens (tertiary/aromatic N) is 9. The van der Waals surface area contributed by atoms with Gasteiger partial charge in [-0.1, -0.05) is 0 Å². The van der Waals surface area contributed by atoms with Crippen LogP contribution in [0, 0.1) is 29.6 Å². The van der Waals surface area contributed by atoms with E-state index < -0.39 is 11.4 Å². The van der Waals surface area contributed by atoms with Gasteiger partial charge in [-0.15, -0.1) is 10.2 Å². The predicted molar refractivity (Wildman–Crippen MR) is 90.8 cm³/mol. The van der Waals surface area contributed by atoms with E-state index in [1.54, 1.807) is 6.07 Å². The third-order valence-electron chi connectivity index (χ3n) is 3.74. The van der Waals surface area contributed by atoms with Crippen molar-refractivity contribution in [2.24, 2.45) is 17.3 Å². The van der Waals surface area contributed by atoms with E-state index in [2.05, 4.69) is 25.3 Å². The first kappa shape index (κ1) is 17.4. The summed E-state index contributed by atoms with van der Waals surface area (Å²) in [7, 11) is 1.31. The average molecular weight is 361 g/mol. The lowest BCUT2D eigenvalue weighted by atomic mass is 10.1. The first-order valence-electron chi connectivity index (χ1n) is 7.49. The summed E-state index contributed by atoms with van der Waals surface area (Å²) in [6.07, 6.45) is 4.26. The molecule has 0 radical (unpaired) electrons. The number of hydrogen-bond donors (Lipinski definition) is 1. The van der Waals surface area contributed by atoms with Gasteiger partial charge >= 0.3 is 0 Å². The van der Waals surface area contributed by atoms with Gasteiger partial charge in [0.2, 0.25) is 5.88 Å². The summed E-state index contributed by atoms with van der Waals surface area (Å²) in [5, 5.41) is 40.3. The van der Waals surface area contributed by atoms with Crippen molar-refractivity contribution in [3.05, 3.63) is 51.7 Å². The SMILES string of the molecule is Cc1c(C#N)c(O)n(C)c(=O)c1N=Nc1c(C#N)cnn1-c1ncccn1. The summed E-state index contributed by atoms with van der Waals surface area (Å²) < 4.78 is 2.09. The Morgan fingerprint density at radius 2 is 1.89 bits per heavy atom. The summed E-state index contributed by atoms with van der Waals surface area (Å²) in [6, 6.07) is 5.37. The zero-order valence-corrected chi connectivity index (χ0v) is 14.2. The van der Waals surface area contributed by atoms with E-state index in [0.29, 0.717) is 0 Å². The van der Waals surface area contributed by atoms with Crippen molar-refractivity contribution in [2.45, 2.75) is 6.92 Å². The molecule has 3 aromatic heterocycles. The van der Waals surface area contributed by atoms with E-state index >= 15 is 0 Å². The van der Waals surface area contributed by atoms with Crippen LogP contribution in [0.1, 0.15) is 16.7 Å². The summed E-state index contributed by atoms with van der Waals surface area (Å²) in [5.41, 5.74) is -0.612. The van der Waals surface area contributed by atoms with E-state index in [1.807, 2.05) is 12.1 Å². The standard InChI is InChI=1S/C16H11N9O2/c1-9-11(7-18)14(26)24(2)15(27)12(9)22-23-13-10(6-17)8-21-25(13)16-19-4-3-5-20-16/h3-5,8,26H,1-2H3. The Morgan fingerprint density at radius 3 is 2.52 bits per heavy atom. The Morgan fingerprint density at radius 1 is 1.19 bits per heavy atom. The van der Waals surface area contributed by atoms with Gasteiger partial charge in [0.15, 0.2) is 11.5 Å². The molecule has 0 amide bonds. The van der Waals surface area contributed by atoms with Gasteiger partial charge in [-0.25, -0.2) is 9.97 Å². The Labute approximate surface area is 152 Å². The molecule has 1 N–H and O–H groups in total. The Hall–Kier alpha value is -4.38. The summed E-state index contributed by atoms with van der Waals surface area (Å²) >= 11 is 0. The Bertz CT molecular complexity index is 1190. The quantitative estimate of drug-likeness (QED) is 0.692. The fraction of sp³-hybridized carbons (Fsp3) is 0.125. The first-order valence-corrected chi connectivity index (χ1v) is 7.49. The zero-order valence-electron chi connectivity index (χ0n) is 14.2. The smallest absolute Gasteiger partial charge is 0.281 e. The molecule has 132 valence electrons. The van der Waals surface area contributed by atoms with Crippen LogP contribution in [0.25, 0.3) is 5.95 Å². The fourth-order valence-electron chi connectivity index (χ4n) is 2.28. The van der Waals surface area contributed by atoms with Crippen molar-refractivity contribution in [1.29, 1.82) is 10.5 Å². The molecule has 0 aliphatic heterocycles. The molecule has 0 fully saturated rings. The molecular weight excluding hydrogens is 350 g/mol. The van der Waals surface area contributed by atoms with Crippen molar-refractivity contribution < 1.29 is 5.11 Å². The molecule has 0 aliphatic carbocycles. The minimum Gasteiger partial charge on any atom is -0.493 e.